The first-order chi connectivity index (χ1) is 8.61. The highest BCUT2D eigenvalue weighted by molar-refractivity contribution is 5.83. The Bertz CT molecular complexity index is 330. The summed E-state index contributed by atoms with van der Waals surface area (Å²) in [5.74, 6) is -0.210. The molecule has 1 heterocycles. The molecule has 1 saturated heterocycles. The van der Waals surface area contributed by atoms with Crippen LogP contribution in [0.3, 0.4) is 0 Å². The zero-order chi connectivity index (χ0) is 13.1. The number of aliphatic carboxylic acids is 1. The molecule has 0 radical (unpaired) electrons. The summed E-state index contributed by atoms with van der Waals surface area (Å²) in [5.41, 5.74) is 0. The number of hydrogen-bond donors (Lipinski definition) is 2. The van der Waals surface area contributed by atoms with Crippen LogP contribution in [0.5, 0.6) is 0 Å². The lowest BCUT2D eigenvalue weighted by molar-refractivity contribution is -0.141. The first kappa shape index (κ1) is 13.1. The molecule has 2 unspecified atom stereocenters. The molecule has 1 aliphatic carbocycles. The Morgan fingerprint density at radius 3 is 2.72 bits per heavy atom. The molecule has 102 valence electrons. The summed E-state index contributed by atoms with van der Waals surface area (Å²) < 4.78 is 5.14. The van der Waals surface area contributed by atoms with Gasteiger partial charge in [0.05, 0.1) is 6.10 Å². The van der Waals surface area contributed by atoms with E-state index in [4.69, 9.17) is 9.84 Å². The molecule has 18 heavy (non-hydrogen) atoms. The topological polar surface area (TPSA) is 78.9 Å². The van der Waals surface area contributed by atoms with E-state index >= 15 is 0 Å². The average molecular weight is 256 g/mol. The molecule has 2 N–H and O–H groups in total. The van der Waals surface area contributed by atoms with Gasteiger partial charge in [-0.05, 0) is 12.3 Å². The van der Waals surface area contributed by atoms with E-state index in [0.29, 0.717) is 19.5 Å². The fourth-order valence-electron chi connectivity index (χ4n) is 2.32. The summed E-state index contributed by atoms with van der Waals surface area (Å²) in [6.07, 6.45) is 3.68. The lowest BCUT2D eigenvalue weighted by atomic mass is 10.2. The molecule has 2 amide bonds. The molecule has 2 fully saturated rings. The monoisotopic (exact) mass is 256 g/mol. The number of carboxylic acids is 1. The van der Waals surface area contributed by atoms with Gasteiger partial charge in [-0.2, -0.15) is 0 Å². The third kappa shape index (κ3) is 3.13. The first-order valence-electron chi connectivity index (χ1n) is 6.42. The summed E-state index contributed by atoms with van der Waals surface area (Å²) in [7, 11) is 1.54. The summed E-state index contributed by atoms with van der Waals surface area (Å²) in [4.78, 5) is 24.4. The number of nitrogens with one attached hydrogen (secondary N) is 1. The van der Waals surface area contributed by atoms with E-state index in [0.717, 1.165) is 12.3 Å². The first-order valence-corrected chi connectivity index (χ1v) is 6.42. The Hall–Kier alpha value is -1.30. The number of amides is 2. The van der Waals surface area contributed by atoms with Crippen LogP contribution in [0.25, 0.3) is 0 Å². The van der Waals surface area contributed by atoms with Crippen LogP contribution in [0, 0.1) is 5.92 Å². The molecule has 0 bridgehead atoms. The van der Waals surface area contributed by atoms with Crippen molar-refractivity contribution in [2.24, 2.45) is 5.92 Å². The van der Waals surface area contributed by atoms with Gasteiger partial charge in [0.2, 0.25) is 0 Å². The van der Waals surface area contributed by atoms with Crippen molar-refractivity contribution < 1.29 is 19.4 Å². The van der Waals surface area contributed by atoms with Crippen LogP contribution in [0.4, 0.5) is 4.79 Å². The Morgan fingerprint density at radius 1 is 1.44 bits per heavy atom. The summed E-state index contributed by atoms with van der Waals surface area (Å²) in [5, 5.41) is 11.9. The maximum absolute atomic E-state index is 11.9. The van der Waals surface area contributed by atoms with Crippen LogP contribution in [0.2, 0.25) is 0 Å². The molecule has 0 spiro atoms. The number of ether oxygens (including phenoxy) is 1. The number of carbonyl (C=O) groups is 2. The minimum absolute atomic E-state index is 0.180. The molecule has 2 rings (SSSR count). The molecule has 6 heteroatoms. The Kier molecular flexibility index (Phi) is 4.06. The molecule has 1 saturated carbocycles. The fourth-order valence-corrected chi connectivity index (χ4v) is 2.32. The number of hydrogen-bond acceptors (Lipinski definition) is 3. The lowest BCUT2D eigenvalue weighted by Gasteiger charge is -2.21. The van der Waals surface area contributed by atoms with E-state index in [1.807, 2.05) is 0 Å². The number of carbonyl (C=O) groups excluding carboxylic acids is 1. The molecule has 0 aromatic heterocycles. The molecule has 2 aliphatic rings. The van der Waals surface area contributed by atoms with Gasteiger partial charge in [0.1, 0.15) is 6.04 Å². The lowest BCUT2D eigenvalue weighted by Crippen LogP contribution is -2.46. The molecule has 0 aromatic rings. The maximum atomic E-state index is 11.9. The molecular weight excluding hydrogens is 236 g/mol. The van der Waals surface area contributed by atoms with Crippen molar-refractivity contribution >= 4 is 12.0 Å². The highest BCUT2D eigenvalue weighted by Gasteiger charge is 2.39. The van der Waals surface area contributed by atoms with Gasteiger partial charge in [-0.25, -0.2) is 9.59 Å². The van der Waals surface area contributed by atoms with E-state index in [-0.39, 0.29) is 12.1 Å². The number of methoxy groups -OCH3 is 1. The molecule has 0 aromatic carbocycles. The van der Waals surface area contributed by atoms with Crippen molar-refractivity contribution in [1.29, 1.82) is 0 Å². The number of carboxylic acid groups (broad SMARTS) is 1. The average Bonchev–Trinajstić information content (AvgIpc) is 3.05. The van der Waals surface area contributed by atoms with Gasteiger partial charge in [0.15, 0.2) is 0 Å². The Labute approximate surface area is 106 Å². The van der Waals surface area contributed by atoms with Crippen molar-refractivity contribution in [3.05, 3.63) is 0 Å². The Morgan fingerprint density at radius 2 is 2.17 bits per heavy atom. The standard InChI is InChI=1S/C12H20N2O4/c1-18-9-6-10(11(15)16)14(7-9)12(17)13-5-4-8-2-3-8/h8-10H,2-7H2,1H3,(H,13,17)(H,15,16). The highest BCUT2D eigenvalue weighted by atomic mass is 16.5. The minimum atomic E-state index is -0.966. The van der Waals surface area contributed by atoms with Crippen LogP contribution in [0.15, 0.2) is 0 Å². The second kappa shape index (κ2) is 5.56. The largest absolute Gasteiger partial charge is 0.480 e. The van der Waals surface area contributed by atoms with Crippen LogP contribution >= 0.6 is 0 Å². The van der Waals surface area contributed by atoms with Gasteiger partial charge in [0.25, 0.3) is 0 Å². The number of likely N-dealkylation sites (tertiary alicyclic amines) is 1. The van der Waals surface area contributed by atoms with Gasteiger partial charge < -0.3 is 20.1 Å². The predicted octanol–water partition coefficient (Wildman–Crippen LogP) is 0.670. The smallest absolute Gasteiger partial charge is 0.326 e. The van der Waals surface area contributed by atoms with Gasteiger partial charge in [0, 0.05) is 26.6 Å². The van der Waals surface area contributed by atoms with Crippen LogP contribution < -0.4 is 5.32 Å². The fraction of sp³-hybridized carbons (Fsp3) is 0.833. The summed E-state index contributed by atoms with van der Waals surface area (Å²) >= 11 is 0. The second-order valence-electron chi connectivity index (χ2n) is 5.06. The quantitative estimate of drug-likeness (QED) is 0.757. The van der Waals surface area contributed by atoms with Crippen molar-refractivity contribution in [2.45, 2.75) is 37.8 Å². The van der Waals surface area contributed by atoms with Crippen LogP contribution in [-0.4, -0.2) is 54.4 Å². The summed E-state index contributed by atoms with van der Waals surface area (Å²) in [6.45, 7) is 0.979. The van der Waals surface area contributed by atoms with Crippen molar-refractivity contribution in [1.82, 2.24) is 10.2 Å². The van der Waals surface area contributed by atoms with Crippen LogP contribution in [-0.2, 0) is 9.53 Å². The van der Waals surface area contributed by atoms with Gasteiger partial charge >= 0.3 is 12.0 Å². The van der Waals surface area contributed by atoms with Gasteiger partial charge in [-0.1, -0.05) is 12.8 Å². The zero-order valence-electron chi connectivity index (χ0n) is 10.6. The maximum Gasteiger partial charge on any atom is 0.326 e. The van der Waals surface area contributed by atoms with E-state index in [2.05, 4.69) is 5.32 Å². The van der Waals surface area contributed by atoms with E-state index in [1.165, 1.54) is 24.9 Å². The van der Waals surface area contributed by atoms with E-state index in [9.17, 15) is 9.59 Å². The van der Waals surface area contributed by atoms with Crippen molar-refractivity contribution in [3.63, 3.8) is 0 Å². The van der Waals surface area contributed by atoms with Crippen molar-refractivity contribution in [3.8, 4) is 0 Å². The molecular formula is C12H20N2O4. The molecule has 1 aliphatic heterocycles. The Balaban J connectivity index is 1.83. The predicted molar refractivity (Wildman–Crippen MR) is 64.3 cm³/mol. The SMILES string of the molecule is COC1CC(C(=O)O)N(C(=O)NCCC2CC2)C1. The molecule has 2 atom stereocenters. The zero-order valence-corrected chi connectivity index (χ0v) is 10.6. The van der Waals surface area contributed by atoms with Crippen molar-refractivity contribution in [2.75, 3.05) is 20.2 Å². The number of rotatable bonds is 5. The van der Waals surface area contributed by atoms with Crippen LogP contribution in [0.1, 0.15) is 25.7 Å². The van der Waals surface area contributed by atoms with Gasteiger partial charge in [-0.15, -0.1) is 0 Å². The number of nitrogens with zero attached hydrogens (tertiary/aromatic N) is 1. The second-order valence-corrected chi connectivity index (χ2v) is 5.06. The molecule has 6 nitrogen and oxygen atoms in total. The van der Waals surface area contributed by atoms with Gasteiger partial charge in [-0.3, -0.25) is 0 Å². The third-order valence-corrected chi connectivity index (χ3v) is 3.67. The normalized spacial score (nSPS) is 27.3. The van der Waals surface area contributed by atoms with E-state index < -0.39 is 12.0 Å². The third-order valence-electron chi connectivity index (χ3n) is 3.67. The van der Waals surface area contributed by atoms with E-state index in [1.54, 1.807) is 0 Å². The minimum Gasteiger partial charge on any atom is -0.480 e. The summed E-state index contributed by atoms with van der Waals surface area (Å²) in [6, 6.07) is -1.06. The number of urea groups is 1. The highest BCUT2D eigenvalue weighted by Crippen LogP contribution is 2.31.